The van der Waals surface area contributed by atoms with Gasteiger partial charge >= 0.3 is 11.9 Å². The third-order valence-electron chi connectivity index (χ3n) is 6.72. The summed E-state index contributed by atoms with van der Waals surface area (Å²) in [5.41, 5.74) is 2.42. The van der Waals surface area contributed by atoms with Gasteiger partial charge in [0.2, 0.25) is 0 Å². The van der Waals surface area contributed by atoms with Crippen molar-refractivity contribution in [3.8, 4) is 0 Å². The van der Waals surface area contributed by atoms with Gasteiger partial charge in [-0.05, 0) is 81.4 Å². The molecule has 0 aromatic heterocycles. The molecule has 4 atom stereocenters. The van der Waals surface area contributed by atoms with Crippen molar-refractivity contribution in [1.29, 1.82) is 0 Å². The van der Waals surface area contributed by atoms with E-state index < -0.39 is 11.9 Å². The van der Waals surface area contributed by atoms with E-state index in [0.717, 1.165) is 38.0 Å². The molecule has 4 rings (SSSR count). The molecule has 5 heteroatoms. The van der Waals surface area contributed by atoms with Crippen LogP contribution in [0.25, 0.3) is 0 Å². The number of carboxylic acid groups (broad SMARTS) is 1. The number of allylic oxidation sites excluding steroid dienone is 1. The van der Waals surface area contributed by atoms with Gasteiger partial charge in [0.25, 0.3) is 0 Å². The molecule has 0 unspecified atom stereocenters. The second-order valence-electron chi connectivity index (χ2n) is 7.99. The van der Waals surface area contributed by atoms with Crippen LogP contribution in [0.3, 0.4) is 0 Å². The monoisotopic (exact) mass is 318 g/mol. The van der Waals surface area contributed by atoms with Crippen LogP contribution < -0.4 is 5.32 Å². The van der Waals surface area contributed by atoms with E-state index in [1.807, 2.05) is 0 Å². The molecular weight excluding hydrogens is 292 g/mol. The zero-order chi connectivity index (χ0) is 16.2. The second-order valence-corrected chi connectivity index (χ2v) is 7.99. The molecule has 1 spiro atoms. The quantitative estimate of drug-likeness (QED) is 0.727. The minimum Gasteiger partial charge on any atom is -0.474 e. The molecule has 2 aliphatic carbocycles. The summed E-state index contributed by atoms with van der Waals surface area (Å²) in [5.74, 6) is -0.253. The molecule has 2 heterocycles. The number of hydrogen-bond acceptors (Lipinski definition) is 3. The summed E-state index contributed by atoms with van der Waals surface area (Å²) in [7, 11) is 0. The van der Waals surface area contributed by atoms with Crippen LogP contribution in [0.2, 0.25) is 0 Å². The smallest absolute Gasteiger partial charge is 0.394 e. The van der Waals surface area contributed by atoms with E-state index in [9.17, 15) is 9.59 Å². The predicted octanol–water partition coefficient (Wildman–Crippen LogP) is 2.14. The highest BCUT2D eigenvalue weighted by Gasteiger charge is 2.58. The summed E-state index contributed by atoms with van der Waals surface area (Å²) < 4.78 is 0. The lowest BCUT2D eigenvalue weighted by atomic mass is 9.52. The molecule has 2 saturated heterocycles. The largest absolute Gasteiger partial charge is 0.474 e. The van der Waals surface area contributed by atoms with Crippen molar-refractivity contribution in [3.63, 3.8) is 0 Å². The molecule has 4 aliphatic rings. The number of nitrogens with one attached hydrogen (secondary N) is 1. The molecule has 3 fully saturated rings. The van der Waals surface area contributed by atoms with Gasteiger partial charge in [-0.1, -0.05) is 6.92 Å². The predicted molar refractivity (Wildman–Crippen MR) is 85.6 cm³/mol. The van der Waals surface area contributed by atoms with Crippen LogP contribution >= 0.6 is 0 Å². The van der Waals surface area contributed by atoms with Gasteiger partial charge in [0, 0.05) is 11.2 Å². The van der Waals surface area contributed by atoms with E-state index in [4.69, 9.17) is 5.11 Å². The Morgan fingerprint density at radius 3 is 2.87 bits per heavy atom. The van der Waals surface area contributed by atoms with Crippen LogP contribution in [-0.2, 0) is 9.59 Å². The van der Waals surface area contributed by atoms with Crippen molar-refractivity contribution < 1.29 is 14.7 Å². The molecular formula is C18H26N2O3. The zero-order valence-corrected chi connectivity index (χ0v) is 13.8. The van der Waals surface area contributed by atoms with E-state index in [1.165, 1.54) is 31.3 Å². The van der Waals surface area contributed by atoms with Gasteiger partial charge in [0.05, 0.1) is 0 Å². The van der Waals surface area contributed by atoms with Crippen molar-refractivity contribution in [3.05, 3.63) is 11.3 Å². The first-order valence-electron chi connectivity index (χ1n) is 9.04. The number of nitrogens with zero attached hydrogens (tertiary/aromatic N) is 1. The number of piperidine rings is 2. The topological polar surface area (TPSA) is 69.6 Å². The average Bonchev–Trinajstić information content (AvgIpc) is 2.50. The van der Waals surface area contributed by atoms with Crippen molar-refractivity contribution in [2.45, 2.75) is 57.4 Å². The Morgan fingerprint density at radius 1 is 1.30 bits per heavy atom. The highest BCUT2D eigenvalue weighted by Crippen LogP contribution is 2.59. The van der Waals surface area contributed by atoms with Gasteiger partial charge < -0.3 is 10.4 Å². The van der Waals surface area contributed by atoms with Crippen molar-refractivity contribution in [1.82, 2.24) is 10.2 Å². The normalized spacial score (nSPS) is 39.6. The Bertz CT molecular complexity index is 583. The second kappa shape index (κ2) is 5.33. The summed E-state index contributed by atoms with van der Waals surface area (Å²) in [6, 6.07) is 0. The highest BCUT2D eigenvalue weighted by atomic mass is 16.4. The van der Waals surface area contributed by atoms with Crippen molar-refractivity contribution >= 4 is 11.9 Å². The Hall–Kier alpha value is -1.36. The summed E-state index contributed by atoms with van der Waals surface area (Å²) in [4.78, 5) is 25.4. The number of carbonyl (C=O) groups is 2. The lowest BCUT2D eigenvalue weighted by Gasteiger charge is -2.64. The van der Waals surface area contributed by atoms with E-state index in [1.54, 1.807) is 0 Å². The van der Waals surface area contributed by atoms with Gasteiger partial charge in [-0.15, -0.1) is 0 Å². The molecule has 1 amide bonds. The molecule has 126 valence electrons. The van der Waals surface area contributed by atoms with Crippen LogP contribution in [0, 0.1) is 17.8 Å². The third-order valence-corrected chi connectivity index (χ3v) is 6.72. The zero-order valence-electron chi connectivity index (χ0n) is 13.8. The molecule has 23 heavy (non-hydrogen) atoms. The Balaban J connectivity index is 1.79. The Labute approximate surface area is 137 Å². The first-order valence-corrected chi connectivity index (χ1v) is 9.04. The summed E-state index contributed by atoms with van der Waals surface area (Å²) in [5, 5.41) is 11.7. The lowest BCUT2D eigenvalue weighted by Crippen LogP contribution is -2.67. The van der Waals surface area contributed by atoms with Gasteiger partial charge in [0.1, 0.15) is 0 Å². The molecule has 1 saturated carbocycles. The molecule has 0 aromatic rings. The third kappa shape index (κ3) is 2.16. The van der Waals surface area contributed by atoms with Gasteiger partial charge in [-0.3, -0.25) is 9.69 Å². The first-order chi connectivity index (χ1) is 11.0. The van der Waals surface area contributed by atoms with E-state index in [0.29, 0.717) is 17.8 Å². The summed E-state index contributed by atoms with van der Waals surface area (Å²) >= 11 is 0. The molecule has 0 aromatic carbocycles. The van der Waals surface area contributed by atoms with Crippen molar-refractivity contribution in [2.75, 3.05) is 13.1 Å². The SMILES string of the molecule is C[C@@H]1C[C@H]2CC(NC(=O)C(=O)O)=C3CCCN4CCC[C@H]2[C@]34C1. The minimum atomic E-state index is -1.38. The maximum Gasteiger partial charge on any atom is 0.394 e. The number of carbonyl (C=O) groups excluding carboxylic acids is 1. The van der Waals surface area contributed by atoms with Gasteiger partial charge in [-0.2, -0.15) is 0 Å². The van der Waals surface area contributed by atoms with E-state index >= 15 is 0 Å². The highest BCUT2D eigenvalue weighted by molar-refractivity contribution is 6.31. The molecule has 5 nitrogen and oxygen atoms in total. The maximum atomic E-state index is 11.8. The summed E-state index contributed by atoms with van der Waals surface area (Å²) in [6.07, 6.45) is 7.95. The molecule has 0 radical (unpaired) electrons. The van der Waals surface area contributed by atoms with E-state index in [2.05, 4.69) is 17.1 Å². The fraction of sp³-hybridized carbons (Fsp3) is 0.778. The van der Waals surface area contributed by atoms with Crippen LogP contribution in [0.15, 0.2) is 11.3 Å². The number of rotatable bonds is 1. The number of amides is 1. The minimum absolute atomic E-state index is 0.109. The average molecular weight is 318 g/mol. The van der Waals surface area contributed by atoms with Crippen LogP contribution in [0.1, 0.15) is 51.9 Å². The van der Waals surface area contributed by atoms with Crippen LogP contribution in [0.4, 0.5) is 0 Å². The maximum absolute atomic E-state index is 11.8. The molecule has 2 N–H and O–H groups in total. The Morgan fingerprint density at radius 2 is 2.09 bits per heavy atom. The lowest BCUT2D eigenvalue weighted by molar-refractivity contribution is -0.150. The summed E-state index contributed by atoms with van der Waals surface area (Å²) in [6.45, 7) is 4.66. The standard InChI is InChI=1S/C18H26N2O3/c1-11-8-12-9-15(19-16(21)17(22)23)14-5-3-7-20-6-2-4-13(12)18(14,20)10-11/h11-13H,2-10H2,1H3,(H,19,21)(H,22,23)/t11-,12+,13-,18-/m1/s1. The fourth-order valence-corrected chi connectivity index (χ4v) is 6.23. The first kappa shape index (κ1) is 15.2. The number of carboxylic acids is 1. The van der Waals surface area contributed by atoms with Crippen LogP contribution in [0.5, 0.6) is 0 Å². The molecule has 2 aliphatic heterocycles. The fourth-order valence-electron chi connectivity index (χ4n) is 6.23. The molecule has 2 bridgehead atoms. The van der Waals surface area contributed by atoms with Crippen LogP contribution in [-0.4, -0.2) is 40.5 Å². The van der Waals surface area contributed by atoms with Crippen molar-refractivity contribution in [2.24, 2.45) is 17.8 Å². The number of aliphatic carboxylic acids is 1. The van der Waals surface area contributed by atoms with E-state index in [-0.39, 0.29) is 5.54 Å². The van der Waals surface area contributed by atoms with Gasteiger partial charge in [0.15, 0.2) is 0 Å². The Kier molecular flexibility index (Phi) is 3.52. The number of hydrogen-bond donors (Lipinski definition) is 2. The van der Waals surface area contributed by atoms with Gasteiger partial charge in [-0.25, -0.2) is 4.79 Å².